The maximum Gasteiger partial charge on any atom is 0.233 e. The summed E-state index contributed by atoms with van der Waals surface area (Å²) in [5, 5.41) is 6.24. The molecule has 0 aliphatic carbocycles. The molecule has 1 heterocycles. The minimum atomic E-state index is 0.547. The number of rotatable bonds is 6. The molecule has 6 nitrogen and oxygen atoms in total. The number of benzene rings is 1. The number of nitrogens with one attached hydrogen (secondary N) is 2. The van der Waals surface area contributed by atoms with Gasteiger partial charge in [0.1, 0.15) is 0 Å². The van der Waals surface area contributed by atoms with Crippen LogP contribution in [0.4, 0.5) is 23.5 Å². The van der Waals surface area contributed by atoms with E-state index in [4.69, 9.17) is 0 Å². The summed E-state index contributed by atoms with van der Waals surface area (Å²) in [4.78, 5) is 15.4. The molecule has 0 unspecified atom stereocenters. The van der Waals surface area contributed by atoms with Crippen molar-refractivity contribution in [2.75, 3.05) is 35.7 Å². The average molecular weight is 286 g/mol. The van der Waals surface area contributed by atoms with Gasteiger partial charge in [-0.3, -0.25) is 0 Å². The average Bonchev–Trinajstić information content (AvgIpc) is 2.50. The van der Waals surface area contributed by atoms with Crippen molar-refractivity contribution >= 4 is 23.5 Å². The Morgan fingerprint density at radius 2 is 1.67 bits per heavy atom. The fourth-order valence-corrected chi connectivity index (χ4v) is 2.01. The zero-order valence-electron chi connectivity index (χ0n) is 13.0. The van der Waals surface area contributed by atoms with Gasteiger partial charge < -0.3 is 15.5 Å². The molecule has 0 amide bonds. The van der Waals surface area contributed by atoms with Gasteiger partial charge in [0.25, 0.3) is 0 Å². The summed E-state index contributed by atoms with van der Waals surface area (Å²) in [6.45, 7) is 7.93. The number of hydrogen-bond acceptors (Lipinski definition) is 6. The second kappa shape index (κ2) is 6.88. The fourth-order valence-electron chi connectivity index (χ4n) is 2.01. The highest BCUT2D eigenvalue weighted by Gasteiger charge is 2.11. The number of para-hydroxylation sites is 1. The standard InChI is InChI=1S/C15H22N6/c1-5-21(6-2)15-19-13(16-4)18-14(20-15)17-12-10-8-7-9-11(12)3/h7-10H,5-6H2,1-4H3,(H2,16,17,18,19,20). The molecule has 21 heavy (non-hydrogen) atoms. The second-order valence-electron chi connectivity index (χ2n) is 4.64. The summed E-state index contributed by atoms with van der Waals surface area (Å²) in [5.74, 6) is 1.78. The van der Waals surface area contributed by atoms with Gasteiger partial charge in [0, 0.05) is 25.8 Å². The van der Waals surface area contributed by atoms with Gasteiger partial charge in [-0.15, -0.1) is 0 Å². The maximum atomic E-state index is 4.51. The highest BCUT2D eigenvalue weighted by Crippen LogP contribution is 2.20. The molecule has 1 aromatic heterocycles. The Morgan fingerprint density at radius 1 is 1.00 bits per heavy atom. The summed E-state index contributed by atoms with van der Waals surface area (Å²) in [5.41, 5.74) is 2.14. The second-order valence-corrected chi connectivity index (χ2v) is 4.64. The Labute approximate surface area is 125 Å². The lowest BCUT2D eigenvalue weighted by molar-refractivity contribution is 0.815. The molecule has 0 aliphatic rings. The largest absolute Gasteiger partial charge is 0.357 e. The molecule has 0 radical (unpaired) electrons. The lowest BCUT2D eigenvalue weighted by Crippen LogP contribution is -2.25. The van der Waals surface area contributed by atoms with Crippen LogP contribution in [-0.2, 0) is 0 Å². The number of nitrogens with zero attached hydrogens (tertiary/aromatic N) is 4. The van der Waals surface area contributed by atoms with Crippen LogP contribution < -0.4 is 15.5 Å². The topological polar surface area (TPSA) is 66.0 Å². The monoisotopic (exact) mass is 286 g/mol. The van der Waals surface area contributed by atoms with E-state index in [1.807, 2.05) is 31.2 Å². The van der Waals surface area contributed by atoms with E-state index >= 15 is 0 Å². The van der Waals surface area contributed by atoms with E-state index < -0.39 is 0 Å². The van der Waals surface area contributed by atoms with E-state index in [0.29, 0.717) is 17.8 Å². The maximum absolute atomic E-state index is 4.51. The van der Waals surface area contributed by atoms with Crippen molar-refractivity contribution in [1.82, 2.24) is 15.0 Å². The zero-order valence-corrected chi connectivity index (χ0v) is 13.0. The summed E-state index contributed by atoms with van der Waals surface area (Å²) < 4.78 is 0. The molecule has 0 saturated carbocycles. The molecule has 6 heteroatoms. The Bertz CT molecular complexity index is 594. The van der Waals surface area contributed by atoms with Gasteiger partial charge in [0.15, 0.2) is 0 Å². The van der Waals surface area contributed by atoms with E-state index in [1.165, 1.54) is 0 Å². The van der Waals surface area contributed by atoms with Gasteiger partial charge >= 0.3 is 0 Å². The van der Waals surface area contributed by atoms with Crippen LogP contribution in [0, 0.1) is 6.92 Å². The summed E-state index contributed by atoms with van der Waals surface area (Å²) in [6, 6.07) is 8.05. The van der Waals surface area contributed by atoms with E-state index in [2.05, 4.69) is 44.3 Å². The minimum Gasteiger partial charge on any atom is -0.357 e. The van der Waals surface area contributed by atoms with Crippen LogP contribution in [0.1, 0.15) is 19.4 Å². The SMILES string of the molecule is CCN(CC)c1nc(NC)nc(Nc2ccccc2C)n1. The first-order chi connectivity index (χ1) is 10.2. The Morgan fingerprint density at radius 3 is 2.29 bits per heavy atom. The first kappa shape index (κ1) is 15.0. The van der Waals surface area contributed by atoms with E-state index in [9.17, 15) is 0 Å². The molecule has 0 aliphatic heterocycles. The molecule has 112 valence electrons. The fraction of sp³-hybridized carbons (Fsp3) is 0.400. The van der Waals surface area contributed by atoms with Crippen LogP contribution in [0.15, 0.2) is 24.3 Å². The third kappa shape index (κ3) is 3.59. The molecular formula is C15H22N6. The van der Waals surface area contributed by atoms with E-state index in [-0.39, 0.29) is 0 Å². The molecule has 2 rings (SSSR count). The van der Waals surface area contributed by atoms with Gasteiger partial charge in [-0.2, -0.15) is 15.0 Å². The number of hydrogen-bond donors (Lipinski definition) is 2. The van der Waals surface area contributed by atoms with Gasteiger partial charge in [0.05, 0.1) is 0 Å². The quantitative estimate of drug-likeness (QED) is 0.851. The van der Waals surface area contributed by atoms with Crippen molar-refractivity contribution in [1.29, 1.82) is 0 Å². The van der Waals surface area contributed by atoms with Crippen LogP contribution in [0.3, 0.4) is 0 Å². The van der Waals surface area contributed by atoms with E-state index in [1.54, 1.807) is 7.05 Å². The lowest BCUT2D eigenvalue weighted by Gasteiger charge is -2.19. The third-order valence-corrected chi connectivity index (χ3v) is 3.29. The van der Waals surface area contributed by atoms with Crippen LogP contribution in [0.2, 0.25) is 0 Å². The highest BCUT2D eigenvalue weighted by molar-refractivity contribution is 5.59. The molecule has 2 aromatic rings. The smallest absolute Gasteiger partial charge is 0.233 e. The molecule has 0 atom stereocenters. The van der Waals surface area contributed by atoms with Crippen molar-refractivity contribution < 1.29 is 0 Å². The van der Waals surface area contributed by atoms with Gasteiger partial charge in [-0.25, -0.2) is 0 Å². The molecule has 0 spiro atoms. The third-order valence-electron chi connectivity index (χ3n) is 3.29. The van der Waals surface area contributed by atoms with Gasteiger partial charge in [0.2, 0.25) is 17.8 Å². The number of aryl methyl sites for hydroxylation is 1. The first-order valence-corrected chi connectivity index (χ1v) is 7.19. The summed E-state index contributed by atoms with van der Waals surface area (Å²) >= 11 is 0. The van der Waals surface area contributed by atoms with Crippen molar-refractivity contribution in [3.63, 3.8) is 0 Å². The Balaban J connectivity index is 2.35. The van der Waals surface area contributed by atoms with Crippen LogP contribution in [0.5, 0.6) is 0 Å². The van der Waals surface area contributed by atoms with Crippen LogP contribution in [-0.4, -0.2) is 35.1 Å². The van der Waals surface area contributed by atoms with Crippen molar-refractivity contribution in [2.45, 2.75) is 20.8 Å². The predicted octanol–water partition coefficient (Wildman–Crippen LogP) is 2.81. The van der Waals surface area contributed by atoms with E-state index in [0.717, 1.165) is 24.3 Å². The highest BCUT2D eigenvalue weighted by atomic mass is 15.3. The first-order valence-electron chi connectivity index (χ1n) is 7.19. The molecular weight excluding hydrogens is 264 g/mol. The summed E-state index contributed by atoms with van der Waals surface area (Å²) in [6.07, 6.45) is 0. The zero-order chi connectivity index (χ0) is 15.2. The normalized spacial score (nSPS) is 10.3. The molecule has 1 aromatic carbocycles. The number of anilines is 4. The summed E-state index contributed by atoms with van der Waals surface area (Å²) in [7, 11) is 1.80. The molecule has 0 saturated heterocycles. The molecule has 2 N–H and O–H groups in total. The number of aromatic nitrogens is 3. The van der Waals surface area contributed by atoms with Gasteiger partial charge in [-0.1, -0.05) is 18.2 Å². The van der Waals surface area contributed by atoms with Crippen LogP contribution >= 0.6 is 0 Å². The van der Waals surface area contributed by atoms with Crippen molar-refractivity contribution in [3.8, 4) is 0 Å². The lowest BCUT2D eigenvalue weighted by atomic mass is 10.2. The van der Waals surface area contributed by atoms with Gasteiger partial charge in [-0.05, 0) is 32.4 Å². The van der Waals surface area contributed by atoms with Crippen molar-refractivity contribution in [3.05, 3.63) is 29.8 Å². The van der Waals surface area contributed by atoms with Crippen molar-refractivity contribution in [2.24, 2.45) is 0 Å². The minimum absolute atomic E-state index is 0.547. The molecule has 0 bridgehead atoms. The molecule has 0 fully saturated rings. The Hall–Kier alpha value is -2.37. The predicted molar refractivity (Wildman–Crippen MR) is 87.4 cm³/mol. The Kier molecular flexibility index (Phi) is 4.92. The van der Waals surface area contributed by atoms with Crippen LogP contribution in [0.25, 0.3) is 0 Å².